The molecule has 5 heteroatoms. The lowest BCUT2D eigenvalue weighted by molar-refractivity contribution is -0.206. The van der Waals surface area contributed by atoms with Crippen LogP contribution in [0.4, 0.5) is 8.78 Å². The SMILES string of the molecule is CCCCCCCOc1ccc(-c2ccc(C3OCC(CCCCCCC)CO3)cc2)c(F)c1F. The van der Waals surface area contributed by atoms with Gasteiger partial charge in [0.05, 0.1) is 19.8 Å². The van der Waals surface area contributed by atoms with Gasteiger partial charge in [-0.2, -0.15) is 4.39 Å². The summed E-state index contributed by atoms with van der Waals surface area (Å²) in [7, 11) is 0. The summed E-state index contributed by atoms with van der Waals surface area (Å²) in [6, 6.07) is 10.4. The molecule has 3 nitrogen and oxygen atoms in total. The Morgan fingerprint density at radius 1 is 0.743 bits per heavy atom. The normalized spacial score (nSPS) is 18.1. The van der Waals surface area contributed by atoms with Crippen molar-refractivity contribution in [1.29, 1.82) is 0 Å². The van der Waals surface area contributed by atoms with E-state index in [1.54, 1.807) is 18.2 Å². The van der Waals surface area contributed by atoms with Gasteiger partial charge >= 0.3 is 0 Å². The van der Waals surface area contributed by atoms with Crippen molar-refractivity contribution in [3.63, 3.8) is 0 Å². The van der Waals surface area contributed by atoms with Crippen molar-refractivity contribution in [3.05, 3.63) is 53.6 Å². The summed E-state index contributed by atoms with van der Waals surface area (Å²) in [6.45, 7) is 6.18. The average molecular weight is 489 g/mol. The maximum absolute atomic E-state index is 14.8. The Hall–Kier alpha value is -1.98. The Balaban J connectivity index is 1.49. The number of hydrogen-bond acceptors (Lipinski definition) is 3. The van der Waals surface area contributed by atoms with Crippen LogP contribution in [0.2, 0.25) is 0 Å². The zero-order chi connectivity index (χ0) is 24.9. The van der Waals surface area contributed by atoms with Crippen LogP contribution in [0.1, 0.15) is 96.3 Å². The van der Waals surface area contributed by atoms with Gasteiger partial charge in [0.2, 0.25) is 5.82 Å². The van der Waals surface area contributed by atoms with Gasteiger partial charge in [0.1, 0.15) is 0 Å². The average Bonchev–Trinajstić information content (AvgIpc) is 2.89. The molecule has 0 aliphatic carbocycles. The summed E-state index contributed by atoms with van der Waals surface area (Å²) < 4.78 is 46.8. The fraction of sp³-hybridized carbons (Fsp3) is 0.600. The van der Waals surface area contributed by atoms with E-state index in [0.29, 0.717) is 31.3 Å². The molecule has 194 valence electrons. The highest BCUT2D eigenvalue weighted by Gasteiger charge is 2.23. The lowest BCUT2D eigenvalue weighted by Gasteiger charge is -2.29. The van der Waals surface area contributed by atoms with Crippen LogP contribution in [-0.4, -0.2) is 19.8 Å². The van der Waals surface area contributed by atoms with E-state index in [2.05, 4.69) is 13.8 Å². The Morgan fingerprint density at radius 2 is 1.37 bits per heavy atom. The third kappa shape index (κ3) is 8.57. The second-order valence-electron chi connectivity index (χ2n) is 9.69. The summed E-state index contributed by atoms with van der Waals surface area (Å²) in [5.74, 6) is -1.39. The molecule has 35 heavy (non-hydrogen) atoms. The molecule has 2 aromatic carbocycles. The van der Waals surface area contributed by atoms with E-state index in [0.717, 1.165) is 31.2 Å². The molecule has 0 unspecified atom stereocenters. The second kappa shape index (κ2) is 15.2. The largest absolute Gasteiger partial charge is 0.490 e. The molecule has 0 atom stereocenters. The van der Waals surface area contributed by atoms with Gasteiger partial charge in [0.15, 0.2) is 17.9 Å². The number of halogens is 2. The maximum atomic E-state index is 14.8. The molecule has 0 saturated carbocycles. The van der Waals surface area contributed by atoms with Gasteiger partial charge in [0, 0.05) is 17.0 Å². The van der Waals surface area contributed by atoms with E-state index >= 15 is 0 Å². The molecular weight excluding hydrogens is 446 g/mol. The van der Waals surface area contributed by atoms with Crippen LogP contribution in [0.15, 0.2) is 36.4 Å². The van der Waals surface area contributed by atoms with Crippen molar-refractivity contribution < 1.29 is 23.0 Å². The molecule has 1 heterocycles. The minimum Gasteiger partial charge on any atom is -0.490 e. The Morgan fingerprint density at radius 3 is 2.03 bits per heavy atom. The monoisotopic (exact) mass is 488 g/mol. The molecular formula is C30H42F2O3. The topological polar surface area (TPSA) is 27.7 Å². The van der Waals surface area contributed by atoms with Gasteiger partial charge in [-0.3, -0.25) is 0 Å². The second-order valence-corrected chi connectivity index (χ2v) is 9.69. The van der Waals surface area contributed by atoms with Gasteiger partial charge < -0.3 is 14.2 Å². The minimum atomic E-state index is -0.931. The summed E-state index contributed by atoms with van der Waals surface area (Å²) in [5, 5.41) is 0. The van der Waals surface area contributed by atoms with Crippen LogP contribution >= 0.6 is 0 Å². The van der Waals surface area contributed by atoms with E-state index < -0.39 is 17.9 Å². The van der Waals surface area contributed by atoms with E-state index in [-0.39, 0.29) is 11.3 Å². The van der Waals surface area contributed by atoms with Crippen LogP contribution in [-0.2, 0) is 9.47 Å². The highest BCUT2D eigenvalue weighted by molar-refractivity contribution is 5.65. The quantitative estimate of drug-likeness (QED) is 0.234. The third-order valence-electron chi connectivity index (χ3n) is 6.73. The highest BCUT2D eigenvalue weighted by Crippen LogP contribution is 2.32. The first-order chi connectivity index (χ1) is 17.1. The van der Waals surface area contributed by atoms with Crippen LogP contribution in [0.3, 0.4) is 0 Å². The van der Waals surface area contributed by atoms with Crippen molar-refractivity contribution in [2.75, 3.05) is 19.8 Å². The number of ether oxygens (including phenoxy) is 3. The molecule has 3 rings (SSSR count). The lowest BCUT2D eigenvalue weighted by Crippen LogP contribution is -2.27. The zero-order valence-corrected chi connectivity index (χ0v) is 21.5. The van der Waals surface area contributed by atoms with Gasteiger partial charge in [-0.25, -0.2) is 4.39 Å². The van der Waals surface area contributed by atoms with Crippen molar-refractivity contribution in [2.24, 2.45) is 5.92 Å². The van der Waals surface area contributed by atoms with Crippen LogP contribution < -0.4 is 4.74 Å². The zero-order valence-electron chi connectivity index (χ0n) is 21.5. The number of hydrogen-bond donors (Lipinski definition) is 0. The fourth-order valence-corrected chi connectivity index (χ4v) is 4.51. The molecule has 1 fully saturated rings. The van der Waals surface area contributed by atoms with Crippen LogP contribution in [0.5, 0.6) is 5.75 Å². The van der Waals surface area contributed by atoms with Crippen molar-refractivity contribution in [3.8, 4) is 16.9 Å². The Labute approximate surface area is 210 Å². The van der Waals surface area contributed by atoms with Gasteiger partial charge in [-0.1, -0.05) is 95.9 Å². The molecule has 2 aromatic rings. The van der Waals surface area contributed by atoms with E-state index in [4.69, 9.17) is 14.2 Å². The molecule has 0 bridgehead atoms. The van der Waals surface area contributed by atoms with Crippen molar-refractivity contribution in [2.45, 2.75) is 90.8 Å². The molecule has 1 aliphatic heterocycles. The first-order valence-electron chi connectivity index (χ1n) is 13.6. The van der Waals surface area contributed by atoms with E-state index in [1.807, 2.05) is 12.1 Å². The molecule has 0 N–H and O–H groups in total. The summed E-state index contributed by atoms with van der Waals surface area (Å²) in [4.78, 5) is 0. The Kier molecular flexibility index (Phi) is 12.0. The van der Waals surface area contributed by atoms with Crippen molar-refractivity contribution in [1.82, 2.24) is 0 Å². The maximum Gasteiger partial charge on any atom is 0.201 e. The highest BCUT2D eigenvalue weighted by atomic mass is 19.2. The van der Waals surface area contributed by atoms with Gasteiger partial charge in [-0.05, 0) is 30.5 Å². The third-order valence-corrected chi connectivity index (χ3v) is 6.73. The van der Waals surface area contributed by atoms with Crippen molar-refractivity contribution >= 4 is 0 Å². The number of unbranched alkanes of at least 4 members (excludes halogenated alkanes) is 8. The molecule has 1 saturated heterocycles. The predicted octanol–water partition coefficient (Wildman–Crippen LogP) is 9.00. The fourth-order valence-electron chi connectivity index (χ4n) is 4.51. The first-order valence-corrected chi connectivity index (χ1v) is 13.6. The van der Waals surface area contributed by atoms with Gasteiger partial charge in [-0.15, -0.1) is 0 Å². The molecule has 0 radical (unpaired) electrons. The molecule has 1 aliphatic rings. The summed E-state index contributed by atoms with van der Waals surface area (Å²) in [5.41, 5.74) is 1.72. The number of benzene rings is 2. The minimum absolute atomic E-state index is 0.0257. The number of rotatable bonds is 15. The molecule has 0 spiro atoms. The van der Waals surface area contributed by atoms with Gasteiger partial charge in [0.25, 0.3) is 0 Å². The van der Waals surface area contributed by atoms with Crippen LogP contribution in [0, 0.1) is 17.6 Å². The van der Waals surface area contributed by atoms with E-state index in [9.17, 15) is 8.78 Å². The standard InChI is InChI=1S/C30H42F2O3/c1-3-5-7-9-11-13-23-21-34-30(35-22-23)25-16-14-24(15-17-25)26-18-19-27(29(32)28(26)31)33-20-12-10-8-6-4-2/h14-19,23,30H,3-13,20-22H2,1-2H3. The molecule has 0 aromatic heterocycles. The Bertz CT molecular complexity index is 861. The predicted molar refractivity (Wildman–Crippen MR) is 138 cm³/mol. The summed E-state index contributed by atoms with van der Waals surface area (Å²) >= 11 is 0. The van der Waals surface area contributed by atoms with Crippen LogP contribution in [0.25, 0.3) is 11.1 Å². The molecule has 0 amide bonds. The summed E-state index contributed by atoms with van der Waals surface area (Å²) in [6.07, 6.45) is 12.5. The smallest absolute Gasteiger partial charge is 0.201 e. The lowest BCUT2D eigenvalue weighted by atomic mass is 10.0. The van der Waals surface area contributed by atoms with E-state index in [1.165, 1.54) is 51.0 Å². The first kappa shape index (κ1) is 27.6.